The molecule has 0 aliphatic heterocycles. The van der Waals surface area contributed by atoms with Crippen molar-refractivity contribution in [3.8, 4) is 0 Å². The van der Waals surface area contributed by atoms with Gasteiger partial charge in [-0.1, -0.05) is 38.1 Å². The van der Waals surface area contributed by atoms with E-state index >= 15 is 0 Å². The summed E-state index contributed by atoms with van der Waals surface area (Å²) < 4.78 is 0. The van der Waals surface area contributed by atoms with Gasteiger partial charge in [0.05, 0.1) is 0 Å². The lowest BCUT2D eigenvalue weighted by Gasteiger charge is -2.18. The van der Waals surface area contributed by atoms with Crippen molar-refractivity contribution in [3.63, 3.8) is 0 Å². The van der Waals surface area contributed by atoms with E-state index in [9.17, 15) is 4.79 Å². The fourth-order valence-electron chi connectivity index (χ4n) is 2.18. The first-order chi connectivity index (χ1) is 10.0. The number of rotatable bonds is 4. The van der Waals surface area contributed by atoms with Gasteiger partial charge in [0.1, 0.15) is 0 Å². The van der Waals surface area contributed by atoms with Gasteiger partial charge < -0.3 is 10.6 Å². The fraction of sp³-hybridized carbons (Fsp3) is 0.278. The third-order valence-corrected chi connectivity index (χ3v) is 3.69. The summed E-state index contributed by atoms with van der Waals surface area (Å²) >= 11 is 0. The standard InChI is InChI=1S/C18H22N2O/c1-13(2)15-6-8-16(9-7-15)18(21)20(3)17-10-4-14(12-19)5-11-17/h4-11,13H,12,19H2,1-3H3. The Morgan fingerprint density at radius 1 is 1.05 bits per heavy atom. The van der Waals surface area contributed by atoms with Crippen LogP contribution in [0.25, 0.3) is 0 Å². The van der Waals surface area contributed by atoms with Gasteiger partial charge >= 0.3 is 0 Å². The SMILES string of the molecule is CC(C)c1ccc(C(=O)N(C)c2ccc(CN)cc2)cc1. The second kappa shape index (κ2) is 6.55. The minimum Gasteiger partial charge on any atom is -0.326 e. The molecule has 2 rings (SSSR count). The summed E-state index contributed by atoms with van der Waals surface area (Å²) in [7, 11) is 1.79. The van der Waals surface area contributed by atoms with Crippen molar-refractivity contribution in [1.29, 1.82) is 0 Å². The Morgan fingerprint density at radius 2 is 1.62 bits per heavy atom. The molecule has 3 heteroatoms. The van der Waals surface area contributed by atoms with Crippen molar-refractivity contribution in [2.24, 2.45) is 5.73 Å². The molecule has 2 aromatic carbocycles. The van der Waals surface area contributed by atoms with Crippen LogP contribution in [0.15, 0.2) is 48.5 Å². The van der Waals surface area contributed by atoms with Crippen LogP contribution in [0, 0.1) is 0 Å². The van der Waals surface area contributed by atoms with Crippen LogP contribution in [0.5, 0.6) is 0 Å². The molecule has 0 saturated heterocycles. The summed E-state index contributed by atoms with van der Waals surface area (Å²) in [4.78, 5) is 14.1. The Hall–Kier alpha value is -2.13. The summed E-state index contributed by atoms with van der Waals surface area (Å²) in [5, 5.41) is 0. The van der Waals surface area contributed by atoms with Crippen LogP contribution in [-0.4, -0.2) is 13.0 Å². The summed E-state index contributed by atoms with van der Waals surface area (Å²) in [6.07, 6.45) is 0. The molecule has 0 atom stereocenters. The fourth-order valence-corrected chi connectivity index (χ4v) is 2.18. The maximum Gasteiger partial charge on any atom is 0.258 e. The average molecular weight is 282 g/mol. The smallest absolute Gasteiger partial charge is 0.258 e. The van der Waals surface area contributed by atoms with Gasteiger partial charge in [-0.2, -0.15) is 0 Å². The lowest BCUT2D eigenvalue weighted by Crippen LogP contribution is -2.26. The van der Waals surface area contributed by atoms with Crippen molar-refractivity contribution < 1.29 is 4.79 Å². The second-order valence-electron chi connectivity index (χ2n) is 5.51. The highest BCUT2D eigenvalue weighted by Gasteiger charge is 2.13. The maximum atomic E-state index is 12.5. The predicted molar refractivity (Wildman–Crippen MR) is 87.6 cm³/mol. The Labute approximate surface area is 126 Å². The van der Waals surface area contributed by atoms with Crippen LogP contribution >= 0.6 is 0 Å². The molecule has 0 saturated carbocycles. The Kier molecular flexibility index (Phi) is 4.76. The van der Waals surface area contributed by atoms with Crippen LogP contribution in [0.4, 0.5) is 5.69 Å². The number of benzene rings is 2. The zero-order valence-electron chi connectivity index (χ0n) is 12.8. The first kappa shape index (κ1) is 15.3. The number of amides is 1. The van der Waals surface area contributed by atoms with Gasteiger partial charge in [-0.3, -0.25) is 4.79 Å². The molecule has 0 fully saturated rings. The van der Waals surface area contributed by atoms with E-state index in [1.54, 1.807) is 11.9 Å². The number of nitrogens with zero attached hydrogens (tertiary/aromatic N) is 1. The molecule has 0 aromatic heterocycles. The number of anilines is 1. The second-order valence-corrected chi connectivity index (χ2v) is 5.51. The number of nitrogens with two attached hydrogens (primary N) is 1. The predicted octanol–water partition coefficient (Wildman–Crippen LogP) is 3.55. The van der Waals surface area contributed by atoms with Gasteiger partial charge in [-0.05, 0) is 41.3 Å². The molecule has 0 bridgehead atoms. The summed E-state index contributed by atoms with van der Waals surface area (Å²) in [5.41, 5.74) is 9.44. The van der Waals surface area contributed by atoms with E-state index in [0.717, 1.165) is 11.3 Å². The molecule has 2 N–H and O–H groups in total. The van der Waals surface area contributed by atoms with E-state index in [1.165, 1.54) is 5.56 Å². The Morgan fingerprint density at radius 3 is 2.10 bits per heavy atom. The molecule has 110 valence electrons. The van der Waals surface area contributed by atoms with Crippen LogP contribution < -0.4 is 10.6 Å². The van der Waals surface area contributed by atoms with E-state index in [-0.39, 0.29) is 5.91 Å². The van der Waals surface area contributed by atoms with Gasteiger partial charge in [0, 0.05) is 24.8 Å². The van der Waals surface area contributed by atoms with Crippen molar-refractivity contribution >= 4 is 11.6 Å². The molecule has 1 amide bonds. The van der Waals surface area contributed by atoms with Gasteiger partial charge in [-0.15, -0.1) is 0 Å². The Bertz CT molecular complexity index is 600. The number of hydrogen-bond donors (Lipinski definition) is 1. The molecular formula is C18H22N2O. The highest BCUT2D eigenvalue weighted by molar-refractivity contribution is 6.05. The molecule has 0 heterocycles. The summed E-state index contributed by atoms with van der Waals surface area (Å²) in [6, 6.07) is 15.5. The average Bonchev–Trinajstić information content (AvgIpc) is 2.53. The minimum absolute atomic E-state index is 0.00851. The van der Waals surface area contributed by atoms with Gasteiger partial charge in [0.15, 0.2) is 0 Å². The minimum atomic E-state index is -0.00851. The van der Waals surface area contributed by atoms with E-state index in [0.29, 0.717) is 18.0 Å². The molecule has 3 nitrogen and oxygen atoms in total. The summed E-state index contributed by atoms with van der Waals surface area (Å²) in [5.74, 6) is 0.460. The van der Waals surface area contributed by atoms with Gasteiger partial charge in [0.25, 0.3) is 5.91 Å². The lowest BCUT2D eigenvalue weighted by atomic mass is 10.0. The number of carbonyl (C=O) groups excluding carboxylic acids is 1. The number of carbonyl (C=O) groups is 1. The quantitative estimate of drug-likeness (QED) is 0.932. The van der Waals surface area contributed by atoms with Crippen molar-refractivity contribution in [3.05, 3.63) is 65.2 Å². The van der Waals surface area contributed by atoms with E-state index in [1.807, 2.05) is 48.5 Å². The highest BCUT2D eigenvalue weighted by Crippen LogP contribution is 2.19. The zero-order valence-corrected chi connectivity index (χ0v) is 12.8. The molecular weight excluding hydrogens is 260 g/mol. The molecule has 2 aromatic rings. The van der Waals surface area contributed by atoms with Crippen molar-refractivity contribution in [2.45, 2.75) is 26.3 Å². The highest BCUT2D eigenvalue weighted by atomic mass is 16.2. The molecule has 21 heavy (non-hydrogen) atoms. The molecule has 0 radical (unpaired) electrons. The van der Waals surface area contributed by atoms with Crippen molar-refractivity contribution in [1.82, 2.24) is 0 Å². The van der Waals surface area contributed by atoms with Crippen molar-refractivity contribution in [2.75, 3.05) is 11.9 Å². The van der Waals surface area contributed by atoms with Crippen LogP contribution in [-0.2, 0) is 6.54 Å². The molecule has 0 spiro atoms. The lowest BCUT2D eigenvalue weighted by molar-refractivity contribution is 0.0993. The molecule has 0 aliphatic rings. The first-order valence-electron chi connectivity index (χ1n) is 7.20. The monoisotopic (exact) mass is 282 g/mol. The van der Waals surface area contributed by atoms with E-state index < -0.39 is 0 Å². The normalized spacial score (nSPS) is 10.7. The van der Waals surface area contributed by atoms with Gasteiger partial charge in [-0.25, -0.2) is 0 Å². The van der Waals surface area contributed by atoms with Gasteiger partial charge in [0.2, 0.25) is 0 Å². The van der Waals surface area contributed by atoms with E-state index in [2.05, 4.69) is 13.8 Å². The Balaban J connectivity index is 2.17. The molecule has 0 unspecified atom stereocenters. The van der Waals surface area contributed by atoms with Crippen LogP contribution in [0.3, 0.4) is 0 Å². The third kappa shape index (κ3) is 3.50. The zero-order chi connectivity index (χ0) is 15.4. The third-order valence-electron chi connectivity index (χ3n) is 3.69. The number of hydrogen-bond acceptors (Lipinski definition) is 2. The molecule has 0 aliphatic carbocycles. The van der Waals surface area contributed by atoms with E-state index in [4.69, 9.17) is 5.73 Å². The van der Waals surface area contributed by atoms with Crippen LogP contribution in [0.1, 0.15) is 41.3 Å². The maximum absolute atomic E-state index is 12.5. The first-order valence-corrected chi connectivity index (χ1v) is 7.20. The van der Waals surface area contributed by atoms with Crippen LogP contribution in [0.2, 0.25) is 0 Å². The topological polar surface area (TPSA) is 46.3 Å². The summed E-state index contributed by atoms with van der Waals surface area (Å²) in [6.45, 7) is 4.79. The largest absolute Gasteiger partial charge is 0.326 e.